The monoisotopic (exact) mass is 365 g/mol. The Labute approximate surface area is 154 Å². The Hall–Kier alpha value is -1.33. The number of hydrogen-bond acceptors (Lipinski definition) is 3. The van der Waals surface area contributed by atoms with E-state index in [-0.39, 0.29) is 10.9 Å². The average Bonchev–Trinajstić information content (AvgIpc) is 2.44. The van der Waals surface area contributed by atoms with E-state index in [1.54, 1.807) is 18.7 Å². The Morgan fingerprint density at radius 1 is 1.20 bits per heavy atom. The SMILES string of the molecule is CCN(C(=O)CCC(C)(C)O)c1cccc(O[Si](C)(C)C(C)(C)C)c1. The molecule has 0 spiro atoms. The summed E-state index contributed by atoms with van der Waals surface area (Å²) in [6, 6.07) is 7.78. The van der Waals surface area contributed by atoms with Crippen LogP contribution < -0.4 is 9.33 Å². The highest BCUT2D eigenvalue weighted by atomic mass is 28.4. The van der Waals surface area contributed by atoms with Gasteiger partial charge in [-0.3, -0.25) is 4.79 Å². The molecular weight excluding hydrogens is 330 g/mol. The third-order valence-corrected chi connectivity index (χ3v) is 9.23. The van der Waals surface area contributed by atoms with Gasteiger partial charge in [-0.2, -0.15) is 0 Å². The molecule has 0 aliphatic carbocycles. The second-order valence-electron chi connectivity index (χ2n) is 8.81. The number of carbonyl (C=O) groups excluding carboxylic acids is 1. The van der Waals surface area contributed by atoms with Crippen LogP contribution in [0.5, 0.6) is 5.75 Å². The molecule has 0 aliphatic rings. The number of anilines is 1. The van der Waals surface area contributed by atoms with Crippen LogP contribution in [0.3, 0.4) is 0 Å². The fourth-order valence-corrected chi connectivity index (χ4v) is 3.24. The quantitative estimate of drug-likeness (QED) is 0.694. The van der Waals surface area contributed by atoms with Gasteiger partial charge in [-0.05, 0) is 57.5 Å². The van der Waals surface area contributed by atoms with Gasteiger partial charge in [-0.1, -0.05) is 26.8 Å². The van der Waals surface area contributed by atoms with Crippen molar-refractivity contribution < 1.29 is 14.3 Å². The molecule has 0 aliphatic heterocycles. The van der Waals surface area contributed by atoms with Crippen molar-refractivity contribution in [2.75, 3.05) is 11.4 Å². The fraction of sp³-hybridized carbons (Fsp3) is 0.650. The minimum Gasteiger partial charge on any atom is -0.543 e. The van der Waals surface area contributed by atoms with Crippen molar-refractivity contribution in [2.24, 2.45) is 0 Å². The lowest BCUT2D eigenvalue weighted by Gasteiger charge is -2.36. The first-order valence-corrected chi connectivity index (χ1v) is 12.0. The maximum atomic E-state index is 12.6. The molecular formula is C20H35NO3Si. The Morgan fingerprint density at radius 3 is 2.28 bits per heavy atom. The second kappa shape index (κ2) is 7.91. The lowest BCUT2D eigenvalue weighted by molar-refractivity contribution is -0.119. The molecule has 142 valence electrons. The number of carbonyl (C=O) groups is 1. The van der Waals surface area contributed by atoms with Crippen molar-refractivity contribution in [1.82, 2.24) is 0 Å². The number of rotatable bonds is 7. The largest absolute Gasteiger partial charge is 0.543 e. The smallest absolute Gasteiger partial charge is 0.250 e. The lowest BCUT2D eigenvalue weighted by atomic mass is 10.0. The van der Waals surface area contributed by atoms with E-state index in [9.17, 15) is 9.90 Å². The minimum atomic E-state index is -1.92. The summed E-state index contributed by atoms with van der Waals surface area (Å²) in [6.07, 6.45) is 0.771. The van der Waals surface area contributed by atoms with Crippen LogP contribution in [0, 0.1) is 0 Å². The molecule has 4 nitrogen and oxygen atoms in total. The van der Waals surface area contributed by atoms with Crippen LogP contribution in [0.4, 0.5) is 5.69 Å². The van der Waals surface area contributed by atoms with Gasteiger partial charge in [0, 0.05) is 24.7 Å². The fourth-order valence-electron chi connectivity index (χ4n) is 2.21. The molecule has 0 heterocycles. The highest BCUT2D eigenvalue weighted by Crippen LogP contribution is 2.38. The van der Waals surface area contributed by atoms with Gasteiger partial charge < -0.3 is 14.4 Å². The summed E-state index contributed by atoms with van der Waals surface area (Å²) in [7, 11) is -1.92. The van der Waals surface area contributed by atoms with Crippen LogP contribution in [0.15, 0.2) is 24.3 Å². The van der Waals surface area contributed by atoms with Gasteiger partial charge in [0.05, 0.1) is 5.60 Å². The Bertz CT molecular complexity index is 585. The summed E-state index contributed by atoms with van der Waals surface area (Å²) in [6.45, 7) is 17.1. The summed E-state index contributed by atoms with van der Waals surface area (Å²) in [4.78, 5) is 14.3. The second-order valence-corrected chi connectivity index (χ2v) is 13.5. The highest BCUT2D eigenvalue weighted by molar-refractivity contribution is 6.74. The summed E-state index contributed by atoms with van der Waals surface area (Å²) in [5.74, 6) is 0.840. The van der Waals surface area contributed by atoms with Gasteiger partial charge >= 0.3 is 0 Å². The highest BCUT2D eigenvalue weighted by Gasteiger charge is 2.39. The number of nitrogens with zero attached hydrogens (tertiary/aromatic N) is 1. The summed E-state index contributed by atoms with van der Waals surface area (Å²) in [5.41, 5.74) is 0.0157. The number of hydrogen-bond donors (Lipinski definition) is 1. The summed E-state index contributed by atoms with van der Waals surface area (Å²) >= 11 is 0. The minimum absolute atomic E-state index is 0.0223. The Balaban J connectivity index is 2.96. The van der Waals surface area contributed by atoms with Crippen molar-refractivity contribution in [3.63, 3.8) is 0 Å². The summed E-state index contributed by atoms with van der Waals surface area (Å²) < 4.78 is 6.36. The number of aliphatic hydroxyl groups is 1. The first-order valence-electron chi connectivity index (χ1n) is 9.09. The molecule has 25 heavy (non-hydrogen) atoms. The zero-order valence-corrected chi connectivity index (χ0v) is 18.1. The Kier molecular flexibility index (Phi) is 6.87. The number of amides is 1. The topological polar surface area (TPSA) is 49.8 Å². The maximum absolute atomic E-state index is 12.6. The predicted octanol–water partition coefficient (Wildman–Crippen LogP) is 4.97. The van der Waals surface area contributed by atoms with Gasteiger partial charge in [0.25, 0.3) is 0 Å². The van der Waals surface area contributed by atoms with E-state index in [0.29, 0.717) is 19.4 Å². The normalized spacial score (nSPS) is 12.8. The van der Waals surface area contributed by atoms with Gasteiger partial charge in [-0.15, -0.1) is 0 Å². The predicted molar refractivity (Wildman–Crippen MR) is 108 cm³/mol. The molecule has 1 N–H and O–H groups in total. The van der Waals surface area contributed by atoms with Crippen LogP contribution in [-0.4, -0.2) is 31.5 Å². The molecule has 1 rings (SSSR count). The molecule has 1 aromatic rings. The third kappa shape index (κ3) is 6.48. The summed E-state index contributed by atoms with van der Waals surface area (Å²) in [5, 5.41) is 9.97. The van der Waals surface area contributed by atoms with Gasteiger partial charge in [-0.25, -0.2) is 0 Å². The molecule has 0 fully saturated rings. The van der Waals surface area contributed by atoms with Crippen molar-refractivity contribution in [2.45, 2.75) is 78.1 Å². The maximum Gasteiger partial charge on any atom is 0.250 e. The van der Waals surface area contributed by atoms with Gasteiger partial charge in [0.1, 0.15) is 5.75 Å². The molecule has 1 aromatic carbocycles. The molecule has 0 saturated heterocycles. The molecule has 5 heteroatoms. The van der Waals surface area contributed by atoms with Gasteiger partial charge in [0.2, 0.25) is 14.2 Å². The van der Waals surface area contributed by atoms with Crippen LogP contribution in [-0.2, 0) is 4.79 Å². The average molecular weight is 366 g/mol. The van der Waals surface area contributed by atoms with Crippen LogP contribution in [0.1, 0.15) is 54.4 Å². The Morgan fingerprint density at radius 2 is 1.80 bits per heavy atom. The van der Waals surface area contributed by atoms with Crippen molar-refractivity contribution in [3.05, 3.63) is 24.3 Å². The van der Waals surface area contributed by atoms with E-state index < -0.39 is 13.9 Å². The van der Waals surface area contributed by atoms with Crippen LogP contribution in [0.2, 0.25) is 18.1 Å². The van der Waals surface area contributed by atoms with Crippen molar-refractivity contribution in [3.8, 4) is 5.75 Å². The molecule has 0 atom stereocenters. The van der Waals surface area contributed by atoms with E-state index in [0.717, 1.165) is 11.4 Å². The first kappa shape index (κ1) is 21.7. The zero-order chi connectivity index (χ0) is 19.5. The lowest BCUT2D eigenvalue weighted by Crippen LogP contribution is -2.43. The van der Waals surface area contributed by atoms with E-state index in [4.69, 9.17) is 4.43 Å². The molecule has 1 amide bonds. The third-order valence-electron chi connectivity index (χ3n) is 4.88. The molecule has 0 bridgehead atoms. The van der Waals surface area contributed by atoms with Crippen LogP contribution >= 0.6 is 0 Å². The van der Waals surface area contributed by atoms with E-state index >= 15 is 0 Å². The van der Waals surface area contributed by atoms with E-state index in [1.165, 1.54) is 0 Å². The standard InChI is InChI=1S/C20H35NO3Si/c1-9-21(18(22)13-14-20(5,6)23)16-11-10-12-17(15-16)24-25(7,8)19(2,3)4/h10-12,15,23H,9,13-14H2,1-8H3. The van der Waals surface area contributed by atoms with Crippen molar-refractivity contribution in [1.29, 1.82) is 0 Å². The molecule has 0 unspecified atom stereocenters. The molecule has 0 radical (unpaired) electrons. The van der Waals surface area contributed by atoms with Gasteiger partial charge in [0.15, 0.2) is 0 Å². The van der Waals surface area contributed by atoms with Crippen LogP contribution in [0.25, 0.3) is 0 Å². The molecule has 0 aromatic heterocycles. The van der Waals surface area contributed by atoms with E-state index in [2.05, 4.69) is 33.9 Å². The van der Waals surface area contributed by atoms with E-state index in [1.807, 2.05) is 31.2 Å². The number of benzene rings is 1. The zero-order valence-electron chi connectivity index (χ0n) is 17.1. The first-order chi connectivity index (χ1) is 11.3. The van der Waals surface area contributed by atoms with Crippen molar-refractivity contribution >= 4 is 19.9 Å². The molecule has 0 saturated carbocycles.